The Kier molecular flexibility index (Phi) is 7.47. The van der Waals surface area contributed by atoms with Crippen molar-refractivity contribution in [2.75, 3.05) is 24.1 Å². The van der Waals surface area contributed by atoms with Gasteiger partial charge in [0.1, 0.15) is 5.75 Å². The fourth-order valence-electron chi connectivity index (χ4n) is 2.34. The number of rotatable bonds is 10. The SMILES string of the molecule is CS(=O)(=O)Nc1ccc(CCCNC(=O)CCOc2ccccc2)cc1. The van der Waals surface area contributed by atoms with Crippen molar-refractivity contribution in [1.29, 1.82) is 0 Å². The van der Waals surface area contributed by atoms with Crippen LogP contribution in [0.1, 0.15) is 18.4 Å². The molecule has 0 bridgehead atoms. The molecule has 2 rings (SSSR count). The lowest BCUT2D eigenvalue weighted by atomic mass is 10.1. The Morgan fingerprint density at radius 3 is 2.38 bits per heavy atom. The number of hydrogen-bond acceptors (Lipinski definition) is 4. The molecule has 0 unspecified atom stereocenters. The van der Waals surface area contributed by atoms with Gasteiger partial charge >= 0.3 is 0 Å². The van der Waals surface area contributed by atoms with Crippen molar-refractivity contribution in [3.63, 3.8) is 0 Å². The fourth-order valence-corrected chi connectivity index (χ4v) is 2.90. The number of sulfonamides is 1. The minimum absolute atomic E-state index is 0.0337. The summed E-state index contributed by atoms with van der Waals surface area (Å²) in [6.07, 6.45) is 3.05. The molecule has 0 fully saturated rings. The Morgan fingerprint density at radius 1 is 1.04 bits per heavy atom. The molecule has 1 amide bonds. The van der Waals surface area contributed by atoms with E-state index in [0.29, 0.717) is 25.3 Å². The molecular formula is C19H24N2O4S. The predicted molar refractivity (Wildman–Crippen MR) is 103 cm³/mol. The molecule has 0 atom stereocenters. The van der Waals surface area contributed by atoms with Crippen molar-refractivity contribution in [3.8, 4) is 5.75 Å². The smallest absolute Gasteiger partial charge is 0.229 e. The van der Waals surface area contributed by atoms with E-state index in [0.717, 1.165) is 30.4 Å². The highest BCUT2D eigenvalue weighted by Gasteiger charge is 2.03. The molecule has 0 aromatic heterocycles. The van der Waals surface area contributed by atoms with Crippen LogP contribution in [0.3, 0.4) is 0 Å². The minimum Gasteiger partial charge on any atom is -0.493 e. The molecule has 2 N–H and O–H groups in total. The first-order chi connectivity index (χ1) is 12.4. The molecule has 0 aliphatic heterocycles. The fraction of sp³-hybridized carbons (Fsp3) is 0.316. The third kappa shape index (κ3) is 8.02. The van der Waals surface area contributed by atoms with Gasteiger partial charge in [-0.25, -0.2) is 8.42 Å². The van der Waals surface area contributed by atoms with E-state index in [-0.39, 0.29) is 5.91 Å². The standard InChI is InChI=1S/C19H24N2O4S/c1-26(23,24)21-17-11-9-16(10-12-17)6-5-14-20-19(22)13-15-25-18-7-3-2-4-8-18/h2-4,7-12,21H,5-6,13-15H2,1H3,(H,20,22). The van der Waals surface area contributed by atoms with Gasteiger partial charge in [-0.1, -0.05) is 30.3 Å². The number of aryl methyl sites for hydroxylation is 1. The van der Waals surface area contributed by atoms with E-state index in [1.807, 2.05) is 42.5 Å². The number of carbonyl (C=O) groups is 1. The van der Waals surface area contributed by atoms with Crippen LogP contribution in [-0.4, -0.2) is 33.7 Å². The van der Waals surface area contributed by atoms with Gasteiger partial charge in [-0.3, -0.25) is 9.52 Å². The lowest BCUT2D eigenvalue weighted by Crippen LogP contribution is -2.26. The Balaban J connectivity index is 1.60. The summed E-state index contributed by atoms with van der Waals surface area (Å²) in [6.45, 7) is 0.943. The summed E-state index contributed by atoms with van der Waals surface area (Å²) in [4.78, 5) is 11.8. The van der Waals surface area contributed by atoms with Crippen LogP contribution in [0.5, 0.6) is 5.75 Å². The van der Waals surface area contributed by atoms with Crippen LogP contribution in [0, 0.1) is 0 Å². The number of nitrogens with one attached hydrogen (secondary N) is 2. The Labute approximate surface area is 154 Å². The van der Waals surface area contributed by atoms with Crippen molar-refractivity contribution in [1.82, 2.24) is 5.32 Å². The topological polar surface area (TPSA) is 84.5 Å². The highest BCUT2D eigenvalue weighted by molar-refractivity contribution is 7.92. The molecule has 140 valence electrons. The number of ether oxygens (including phenoxy) is 1. The largest absolute Gasteiger partial charge is 0.493 e. The molecule has 0 heterocycles. The summed E-state index contributed by atoms with van der Waals surface area (Å²) < 4.78 is 30.2. The summed E-state index contributed by atoms with van der Waals surface area (Å²) in [5.74, 6) is 0.725. The summed E-state index contributed by atoms with van der Waals surface area (Å²) in [6, 6.07) is 16.6. The second-order valence-corrected chi connectivity index (χ2v) is 7.68. The number of benzene rings is 2. The second kappa shape index (κ2) is 9.82. The van der Waals surface area contributed by atoms with E-state index in [9.17, 15) is 13.2 Å². The quantitative estimate of drug-likeness (QED) is 0.624. The van der Waals surface area contributed by atoms with Gasteiger partial charge in [0.2, 0.25) is 15.9 Å². The number of para-hydroxylation sites is 1. The molecule has 0 saturated carbocycles. The molecule has 0 radical (unpaired) electrons. The van der Waals surface area contributed by atoms with Crippen molar-refractivity contribution in [2.45, 2.75) is 19.3 Å². The van der Waals surface area contributed by atoms with E-state index in [4.69, 9.17) is 4.74 Å². The van der Waals surface area contributed by atoms with E-state index < -0.39 is 10.0 Å². The van der Waals surface area contributed by atoms with Crippen molar-refractivity contribution in [3.05, 3.63) is 60.2 Å². The van der Waals surface area contributed by atoms with Gasteiger partial charge in [-0.15, -0.1) is 0 Å². The molecule has 26 heavy (non-hydrogen) atoms. The van der Waals surface area contributed by atoms with Gasteiger partial charge < -0.3 is 10.1 Å². The zero-order valence-corrected chi connectivity index (χ0v) is 15.6. The van der Waals surface area contributed by atoms with E-state index >= 15 is 0 Å². The predicted octanol–water partition coefficient (Wildman–Crippen LogP) is 2.58. The second-order valence-electron chi connectivity index (χ2n) is 5.94. The van der Waals surface area contributed by atoms with Crippen LogP contribution in [0.2, 0.25) is 0 Å². The summed E-state index contributed by atoms with van der Waals surface area (Å²) in [5.41, 5.74) is 1.63. The lowest BCUT2D eigenvalue weighted by molar-refractivity contribution is -0.121. The van der Waals surface area contributed by atoms with Crippen LogP contribution in [0.25, 0.3) is 0 Å². The number of amides is 1. The number of hydrogen-bond donors (Lipinski definition) is 2. The molecule has 7 heteroatoms. The molecule has 2 aromatic carbocycles. The lowest BCUT2D eigenvalue weighted by Gasteiger charge is -2.08. The first-order valence-corrected chi connectivity index (χ1v) is 10.3. The van der Waals surface area contributed by atoms with Gasteiger partial charge in [0, 0.05) is 12.2 Å². The molecule has 6 nitrogen and oxygen atoms in total. The molecule has 0 spiro atoms. The first kappa shape index (κ1) is 19.8. The van der Waals surface area contributed by atoms with Gasteiger partial charge in [-0.2, -0.15) is 0 Å². The van der Waals surface area contributed by atoms with Crippen LogP contribution < -0.4 is 14.8 Å². The van der Waals surface area contributed by atoms with Gasteiger partial charge in [0.05, 0.1) is 19.3 Å². The zero-order chi connectivity index (χ0) is 18.8. The summed E-state index contributed by atoms with van der Waals surface area (Å²) >= 11 is 0. The van der Waals surface area contributed by atoms with Crippen LogP contribution in [0.15, 0.2) is 54.6 Å². The maximum absolute atomic E-state index is 11.8. The molecular weight excluding hydrogens is 352 g/mol. The molecule has 0 aliphatic carbocycles. The van der Waals surface area contributed by atoms with E-state index in [1.54, 1.807) is 12.1 Å². The van der Waals surface area contributed by atoms with E-state index in [2.05, 4.69) is 10.0 Å². The average Bonchev–Trinajstić information content (AvgIpc) is 2.60. The Hall–Kier alpha value is -2.54. The maximum atomic E-state index is 11.8. The normalized spacial score (nSPS) is 11.0. The van der Waals surface area contributed by atoms with Crippen LogP contribution in [0.4, 0.5) is 5.69 Å². The third-order valence-corrected chi connectivity index (χ3v) is 4.17. The van der Waals surface area contributed by atoms with Gasteiger partial charge in [-0.05, 0) is 42.7 Å². The van der Waals surface area contributed by atoms with Crippen molar-refractivity contribution < 1.29 is 17.9 Å². The van der Waals surface area contributed by atoms with Crippen molar-refractivity contribution in [2.24, 2.45) is 0 Å². The maximum Gasteiger partial charge on any atom is 0.229 e. The summed E-state index contributed by atoms with van der Waals surface area (Å²) in [7, 11) is -3.25. The van der Waals surface area contributed by atoms with Gasteiger partial charge in [0.15, 0.2) is 0 Å². The monoisotopic (exact) mass is 376 g/mol. The zero-order valence-electron chi connectivity index (χ0n) is 14.8. The highest BCUT2D eigenvalue weighted by atomic mass is 32.2. The highest BCUT2D eigenvalue weighted by Crippen LogP contribution is 2.12. The third-order valence-electron chi connectivity index (χ3n) is 3.56. The van der Waals surface area contributed by atoms with Crippen LogP contribution in [-0.2, 0) is 21.2 Å². The first-order valence-electron chi connectivity index (χ1n) is 8.44. The van der Waals surface area contributed by atoms with E-state index in [1.165, 1.54) is 0 Å². The summed E-state index contributed by atoms with van der Waals surface area (Å²) in [5, 5.41) is 2.87. The molecule has 0 aliphatic rings. The number of carbonyl (C=O) groups excluding carboxylic acids is 1. The molecule has 2 aromatic rings. The Bertz CT molecular complexity index is 790. The Morgan fingerprint density at radius 2 is 1.73 bits per heavy atom. The minimum atomic E-state index is -3.25. The van der Waals surface area contributed by atoms with Crippen LogP contribution >= 0.6 is 0 Å². The number of anilines is 1. The molecule has 0 saturated heterocycles. The average molecular weight is 376 g/mol. The van der Waals surface area contributed by atoms with Crippen molar-refractivity contribution >= 4 is 21.6 Å². The van der Waals surface area contributed by atoms with Gasteiger partial charge in [0.25, 0.3) is 0 Å².